The molecule has 0 N–H and O–H groups in total. The Labute approximate surface area is 61.7 Å². The summed E-state index contributed by atoms with van der Waals surface area (Å²) in [7, 11) is 0. The molecule has 56 valence electrons. The minimum atomic E-state index is 0.293. The summed E-state index contributed by atoms with van der Waals surface area (Å²) in [5.74, 6) is 0. The van der Waals surface area contributed by atoms with Gasteiger partial charge in [0.1, 0.15) is 0 Å². The second kappa shape index (κ2) is 4.73. The molecule has 0 bridgehead atoms. The van der Waals surface area contributed by atoms with Gasteiger partial charge in [0.05, 0.1) is 0 Å². The lowest BCUT2D eigenvalue weighted by Gasteiger charge is -2.15. The van der Waals surface area contributed by atoms with Crippen LogP contribution in [-0.4, -0.2) is 11.1 Å². The minimum absolute atomic E-state index is 0.293. The van der Waals surface area contributed by atoms with Gasteiger partial charge in [-0.3, -0.25) is 5.01 Å². The van der Waals surface area contributed by atoms with Crippen molar-refractivity contribution in [2.75, 3.05) is 0 Å². The van der Waals surface area contributed by atoms with E-state index < -0.39 is 0 Å². The quantitative estimate of drug-likeness (QED) is 0.434. The molecule has 0 rings (SSSR count). The molecule has 3 nitrogen and oxygen atoms in total. The van der Waals surface area contributed by atoms with E-state index in [0.29, 0.717) is 6.04 Å². The molecule has 0 radical (unpaired) electrons. The summed E-state index contributed by atoms with van der Waals surface area (Å²) in [6.45, 7) is 11.0. The molecule has 0 aromatic heterocycles. The van der Waals surface area contributed by atoms with Gasteiger partial charge in [0.15, 0.2) is 0 Å². The maximum Gasteiger partial charge on any atom is 0.0479 e. The van der Waals surface area contributed by atoms with Crippen molar-refractivity contribution in [1.29, 1.82) is 0 Å². The summed E-state index contributed by atoms with van der Waals surface area (Å²) < 4.78 is 0. The molecular formula is C7H13N3. The third-order valence-corrected chi connectivity index (χ3v) is 0.953. The Bertz CT molecular complexity index is 138. The van der Waals surface area contributed by atoms with Crippen LogP contribution < -0.4 is 0 Å². The third-order valence-electron chi connectivity index (χ3n) is 0.953. The van der Waals surface area contributed by atoms with E-state index in [1.165, 1.54) is 6.20 Å². The predicted octanol–water partition coefficient (Wildman–Crippen LogP) is 2.35. The molecule has 0 amide bonds. The summed E-state index contributed by atoms with van der Waals surface area (Å²) in [6.07, 6.45) is 3.01. The summed E-state index contributed by atoms with van der Waals surface area (Å²) in [6, 6.07) is 0.293. The molecule has 0 heterocycles. The van der Waals surface area contributed by atoms with Crippen molar-refractivity contribution in [1.82, 2.24) is 5.01 Å². The van der Waals surface area contributed by atoms with Crippen molar-refractivity contribution < 1.29 is 0 Å². The minimum Gasteiger partial charge on any atom is -0.252 e. The Kier molecular flexibility index (Phi) is 4.20. The lowest BCUT2D eigenvalue weighted by atomic mass is 10.4. The van der Waals surface area contributed by atoms with Crippen LogP contribution in [0.1, 0.15) is 13.8 Å². The van der Waals surface area contributed by atoms with Gasteiger partial charge in [0, 0.05) is 18.4 Å². The first kappa shape index (κ1) is 8.88. The molecule has 3 heteroatoms. The molecule has 0 aliphatic heterocycles. The molecule has 0 atom stereocenters. The average Bonchev–Trinajstić information content (AvgIpc) is 1.89. The number of rotatable bonds is 4. The van der Waals surface area contributed by atoms with Crippen LogP contribution in [0.15, 0.2) is 35.9 Å². The molecule has 0 aliphatic carbocycles. The van der Waals surface area contributed by atoms with E-state index in [9.17, 15) is 0 Å². The molecule has 0 aliphatic rings. The van der Waals surface area contributed by atoms with Gasteiger partial charge < -0.3 is 0 Å². The van der Waals surface area contributed by atoms with E-state index in [4.69, 9.17) is 0 Å². The highest BCUT2D eigenvalue weighted by Gasteiger charge is 1.98. The first-order chi connectivity index (χ1) is 4.72. The van der Waals surface area contributed by atoms with Gasteiger partial charge in [0.25, 0.3) is 0 Å². The van der Waals surface area contributed by atoms with Gasteiger partial charge in [0.2, 0.25) is 0 Å². The fourth-order valence-corrected chi connectivity index (χ4v) is 0.447. The van der Waals surface area contributed by atoms with E-state index in [-0.39, 0.29) is 0 Å². The molecule has 0 saturated heterocycles. The van der Waals surface area contributed by atoms with Gasteiger partial charge in [-0.1, -0.05) is 18.4 Å². The zero-order chi connectivity index (χ0) is 7.98. The van der Waals surface area contributed by atoms with Crippen molar-refractivity contribution in [2.45, 2.75) is 19.9 Å². The van der Waals surface area contributed by atoms with Crippen LogP contribution >= 0.6 is 0 Å². The molecule has 0 aromatic carbocycles. The van der Waals surface area contributed by atoms with Crippen molar-refractivity contribution in [2.24, 2.45) is 10.3 Å². The molecule has 10 heavy (non-hydrogen) atoms. The zero-order valence-electron chi connectivity index (χ0n) is 6.49. The smallest absolute Gasteiger partial charge is 0.0479 e. The number of hydrogen-bond acceptors (Lipinski definition) is 2. The van der Waals surface area contributed by atoms with Crippen molar-refractivity contribution in [3.05, 3.63) is 25.6 Å². The molecule has 0 unspecified atom stereocenters. The van der Waals surface area contributed by atoms with Gasteiger partial charge in [-0.25, -0.2) is 0 Å². The van der Waals surface area contributed by atoms with Crippen molar-refractivity contribution >= 4 is 0 Å². The first-order valence-corrected chi connectivity index (χ1v) is 3.15. The van der Waals surface area contributed by atoms with Gasteiger partial charge in [-0.15, -0.1) is 5.11 Å². The fourth-order valence-electron chi connectivity index (χ4n) is 0.447. The molecule has 0 fully saturated rings. The zero-order valence-corrected chi connectivity index (χ0v) is 6.49. The van der Waals surface area contributed by atoms with E-state index in [1.54, 1.807) is 11.2 Å². The summed E-state index contributed by atoms with van der Waals surface area (Å²) in [5.41, 5.74) is 0. The second-order valence-electron chi connectivity index (χ2n) is 2.04. The van der Waals surface area contributed by atoms with Gasteiger partial charge in [-0.05, 0) is 13.8 Å². The van der Waals surface area contributed by atoms with Crippen molar-refractivity contribution in [3.63, 3.8) is 0 Å². The summed E-state index contributed by atoms with van der Waals surface area (Å²) in [5, 5.41) is 9.04. The maximum absolute atomic E-state index is 3.78. The Morgan fingerprint density at radius 2 is 2.00 bits per heavy atom. The van der Waals surface area contributed by atoms with Crippen LogP contribution in [0.3, 0.4) is 0 Å². The Morgan fingerprint density at radius 3 is 2.30 bits per heavy atom. The third kappa shape index (κ3) is 3.02. The monoisotopic (exact) mass is 139 g/mol. The Balaban J connectivity index is 3.94. The van der Waals surface area contributed by atoms with Crippen LogP contribution in [-0.2, 0) is 0 Å². The topological polar surface area (TPSA) is 28.0 Å². The maximum atomic E-state index is 3.78. The van der Waals surface area contributed by atoms with Crippen LogP contribution in [0.5, 0.6) is 0 Å². The van der Waals surface area contributed by atoms with E-state index >= 15 is 0 Å². The molecular weight excluding hydrogens is 126 g/mol. The number of hydrogen-bond donors (Lipinski definition) is 0. The summed E-state index contributed by atoms with van der Waals surface area (Å²) in [4.78, 5) is 0. The van der Waals surface area contributed by atoms with Crippen LogP contribution in [0.25, 0.3) is 0 Å². The Morgan fingerprint density at radius 1 is 1.40 bits per heavy atom. The molecule has 0 aromatic rings. The predicted molar refractivity (Wildman–Crippen MR) is 42.2 cm³/mol. The standard InChI is InChI=1S/C7H13N3/c1-5-8-9-10(6-2)7(3)4/h5-7H,1-2H2,3-4H3. The lowest BCUT2D eigenvalue weighted by Crippen LogP contribution is -2.17. The van der Waals surface area contributed by atoms with E-state index in [1.807, 2.05) is 13.8 Å². The van der Waals surface area contributed by atoms with Gasteiger partial charge >= 0.3 is 0 Å². The van der Waals surface area contributed by atoms with Gasteiger partial charge in [-0.2, -0.15) is 0 Å². The molecule has 0 spiro atoms. The second-order valence-corrected chi connectivity index (χ2v) is 2.04. The Hall–Kier alpha value is -1.12. The summed E-state index contributed by atoms with van der Waals surface area (Å²) >= 11 is 0. The highest BCUT2D eigenvalue weighted by Crippen LogP contribution is 1.98. The van der Waals surface area contributed by atoms with E-state index in [0.717, 1.165) is 0 Å². The van der Waals surface area contributed by atoms with Crippen LogP contribution in [0.4, 0.5) is 0 Å². The molecule has 0 saturated carbocycles. The fraction of sp³-hybridized carbons (Fsp3) is 0.429. The lowest BCUT2D eigenvalue weighted by molar-refractivity contribution is 0.308. The average molecular weight is 139 g/mol. The largest absolute Gasteiger partial charge is 0.252 e. The first-order valence-electron chi connectivity index (χ1n) is 3.15. The highest BCUT2D eigenvalue weighted by atomic mass is 15.5. The van der Waals surface area contributed by atoms with E-state index in [2.05, 4.69) is 23.5 Å². The van der Waals surface area contributed by atoms with Crippen LogP contribution in [0.2, 0.25) is 0 Å². The van der Waals surface area contributed by atoms with Crippen molar-refractivity contribution in [3.8, 4) is 0 Å². The normalized spacial score (nSPS) is 10.3. The van der Waals surface area contributed by atoms with Crippen LogP contribution in [0, 0.1) is 0 Å². The SMILES string of the molecule is C=CN=NN(C=C)C(C)C. The number of nitrogens with zero attached hydrogens (tertiary/aromatic N) is 3. The highest BCUT2D eigenvalue weighted by molar-refractivity contribution is 4.70.